The zero-order valence-corrected chi connectivity index (χ0v) is 10.8. The highest BCUT2D eigenvalue weighted by Crippen LogP contribution is 2.29. The van der Waals surface area contributed by atoms with Crippen molar-refractivity contribution in [2.45, 2.75) is 39.0 Å². The standard InChI is InChI=1S/C14H20O3/c1-9(2)11-6-5-10(3)12(7-11)14(4,8-15)13(16)17/h5-7,9,15H,8H2,1-4H3,(H,16,17). The van der Waals surface area contributed by atoms with Gasteiger partial charge in [-0.05, 0) is 36.5 Å². The summed E-state index contributed by atoms with van der Waals surface area (Å²) in [4.78, 5) is 11.3. The Balaban J connectivity index is 3.38. The maximum Gasteiger partial charge on any atom is 0.316 e. The van der Waals surface area contributed by atoms with Gasteiger partial charge in [0.15, 0.2) is 0 Å². The van der Waals surface area contributed by atoms with Crippen LogP contribution < -0.4 is 0 Å². The third kappa shape index (κ3) is 2.50. The van der Waals surface area contributed by atoms with Crippen LogP contribution in [0.25, 0.3) is 0 Å². The molecule has 0 saturated carbocycles. The molecule has 1 aromatic rings. The van der Waals surface area contributed by atoms with E-state index in [0.29, 0.717) is 11.5 Å². The third-order valence-electron chi connectivity index (χ3n) is 3.31. The Morgan fingerprint density at radius 2 is 2.00 bits per heavy atom. The van der Waals surface area contributed by atoms with Gasteiger partial charge in [0.1, 0.15) is 5.41 Å². The van der Waals surface area contributed by atoms with Crippen LogP contribution >= 0.6 is 0 Å². The quantitative estimate of drug-likeness (QED) is 0.844. The van der Waals surface area contributed by atoms with Gasteiger partial charge >= 0.3 is 5.97 Å². The number of aliphatic hydroxyl groups is 1. The Morgan fingerprint density at radius 3 is 2.41 bits per heavy atom. The predicted molar refractivity (Wildman–Crippen MR) is 67.3 cm³/mol. The van der Waals surface area contributed by atoms with E-state index in [1.54, 1.807) is 6.92 Å². The van der Waals surface area contributed by atoms with Gasteiger partial charge in [0.25, 0.3) is 0 Å². The fraction of sp³-hybridized carbons (Fsp3) is 0.500. The van der Waals surface area contributed by atoms with Gasteiger partial charge in [-0.2, -0.15) is 0 Å². The molecule has 0 heterocycles. The number of hydrogen-bond donors (Lipinski definition) is 2. The molecule has 0 fully saturated rings. The summed E-state index contributed by atoms with van der Waals surface area (Å²) in [5, 5.41) is 18.7. The number of aliphatic carboxylic acids is 1. The summed E-state index contributed by atoms with van der Waals surface area (Å²) >= 11 is 0. The molecule has 0 aliphatic heterocycles. The normalized spacial score (nSPS) is 14.7. The molecule has 2 N–H and O–H groups in total. The average Bonchev–Trinajstić information content (AvgIpc) is 2.28. The summed E-state index contributed by atoms with van der Waals surface area (Å²) in [5.41, 5.74) is 1.45. The number of benzene rings is 1. The molecule has 94 valence electrons. The molecular formula is C14H20O3. The van der Waals surface area contributed by atoms with Crippen LogP contribution in [0.3, 0.4) is 0 Å². The second-order valence-electron chi connectivity index (χ2n) is 5.02. The molecule has 0 aromatic heterocycles. The van der Waals surface area contributed by atoms with Gasteiger partial charge in [-0.1, -0.05) is 32.0 Å². The largest absolute Gasteiger partial charge is 0.481 e. The van der Waals surface area contributed by atoms with Crippen LogP contribution in [0, 0.1) is 6.92 Å². The van der Waals surface area contributed by atoms with Crippen LogP contribution in [0.1, 0.15) is 43.4 Å². The van der Waals surface area contributed by atoms with Crippen LogP contribution in [0.4, 0.5) is 0 Å². The number of carboxylic acid groups (broad SMARTS) is 1. The first-order chi connectivity index (χ1) is 7.82. The van der Waals surface area contributed by atoms with E-state index in [-0.39, 0.29) is 0 Å². The molecule has 1 rings (SSSR count). The van der Waals surface area contributed by atoms with Crippen LogP contribution in [0.15, 0.2) is 18.2 Å². The van der Waals surface area contributed by atoms with Crippen molar-refractivity contribution in [2.75, 3.05) is 6.61 Å². The number of carbonyl (C=O) groups is 1. The lowest BCUT2D eigenvalue weighted by molar-refractivity contribution is -0.144. The van der Waals surface area contributed by atoms with E-state index in [1.807, 2.05) is 25.1 Å². The molecule has 0 bridgehead atoms. The highest BCUT2D eigenvalue weighted by molar-refractivity contribution is 5.81. The molecule has 3 nitrogen and oxygen atoms in total. The smallest absolute Gasteiger partial charge is 0.316 e. The molecule has 0 amide bonds. The maximum absolute atomic E-state index is 11.3. The first-order valence-electron chi connectivity index (χ1n) is 5.78. The summed E-state index contributed by atoms with van der Waals surface area (Å²) in [6, 6.07) is 5.81. The third-order valence-corrected chi connectivity index (χ3v) is 3.31. The fourth-order valence-corrected chi connectivity index (χ4v) is 1.86. The molecular weight excluding hydrogens is 216 g/mol. The second kappa shape index (κ2) is 4.88. The number of hydrogen-bond acceptors (Lipinski definition) is 2. The molecule has 0 radical (unpaired) electrons. The van der Waals surface area contributed by atoms with Gasteiger partial charge in [-0.15, -0.1) is 0 Å². The first-order valence-corrected chi connectivity index (χ1v) is 5.78. The highest BCUT2D eigenvalue weighted by atomic mass is 16.4. The van der Waals surface area contributed by atoms with E-state index in [0.717, 1.165) is 11.1 Å². The van der Waals surface area contributed by atoms with Crippen molar-refractivity contribution in [3.8, 4) is 0 Å². The molecule has 17 heavy (non-hydrogen) atoms. The van der Waals surface area contributed by atoms with Crippen molar-refractivity contribution in [3.05, 3.63) is 34.9 Å². The van der Waals surface area contributed by atoms with Crippen LogP contribution in [-0.4, -0.2) is 22.8 Å². The van der Waals surface area contributed by atoms with Crippen LogP contribution in [-0.2, 0) is 10.2 Å². The Labute approximate surface area is 102 Å². The minimum Gasteiger partial charge on any atom is -0.481 e. The highest BCUT2D eigenvalue weighted by Gasteiger charge is 2.36. The lowest BCUT2D eigenvalue weighted by Crippen LogP contribution is -2.37. The second-order valence-corrected chi connectivity index (χ2v) is 5.02. The van der Waals surface area contributed by atoms with E-state index in [9.17, 15) is 15.0 Å². The van der Waals surface area contributed by atoms with Gasteiger partial charge in [-0.3, -0.25) is 4.79 Å². The van der Waals surface area contributed by atoms with Crippen molar-refractivity contribution in [3.63, 3.8) is 0 Å². The Kier molecular flexibility index (Phi) is 3.94. The van der Waals surface area contributed by atoms with Gasteiger partial charge in [0.05, 0.1) is 6.61 Å². The lowest BCUT2D eigenvalue weighted by atomic mass is 9.79. The fourth-order valence-electron chi connectivity index (χ4n) is 1.86. The van der Waals surface area contributed by atoms with Crippen molar-refractivity contribution in [1.29, 1.82) is 0 Å². The van der Waals surface area contributed by atoms with E-state index < -0.39 is 18.0 Å². The number of aliphatic hydroxyl groups excluding tert-OH is 1. The molecule has 1 aromatic carbocycles. The predicted octanol–water partition coefficient (Wildman–Crippen LogP) is 2.45. The minimum absolute atomic E-state index is 0.339. The first kappa shape index (κ1) is 13.7. The summed E-state index contributed by atoms with van der Waals surface area (Å²) in [6.45, 7) is 7.15. The zero-order chi connectivity index (χ0) is 13.2. The number of aryl methyl sites for hydroxylation is 1. The summed E-state index contributed by atoms with van der Waals surface area (Å²) in [7, 11) is 0. The Hall–Kier alpha value is -1.35. The zero-order valence-electron chi connectivity index (χ0n) is 10.8. The van der Waals surface area contributed by atoms with E-state index >= 15 is 0 Å². The SMILES string of the molecule is Cc1ccc(C(C)C)cc1C(C)(CO)C(=O)O. The van der Waals surface area contributed by atoms with Gasteiger partial charge in [0.2, 0.25) is 0 Å². The molecule has 0 aliphatic rings. The van der Waals surface area contributed by atoms with E-state index in [1.165, 1.54) is 0 Å². The summed E-state index contributed by atoms with van der Waals surface area (Å²) < 4.78 is 0. The molecule has 0 saturated heterocycles. The molecule has 0 aliphatic carbocycles. The van der Waals surface area contributed by atoms with Crippen LogP contribution in [0.5, 0.6) is 0 Å². The number of rotatable bonds is 4. The lowest BCUT2D eigenvalue weighted by Gasteiger charge is -2.25. The number of carboxylic acids is 1. The van der Waals surface area contributed by atoms with Crippen molar-refractivity contribution in [1.82, 2.24) is 0 Å². The summed E-state index contributed by atoms with van der Waals surface area (Å²) in [6.07, 6.45) is 0. The average molecular weight is 236 g/mol. The van der Waals surface area contributed by atoms with E-state index in [2.05, 4.69) is 13.8 Å². The van der Waals surface area contributed by atoms with Crippen LogP contribution in [0.2, 0.25) is 0 Å². The topological polar surface area (TPSA) is 57.5 Å². The van der Waals surface area contributed by atoms with E-state index in [4.69, 9.17) is 0 Å². The van der Waals surface area contributed by atoms with Gasteiger partial charge in [-0.25, -0.2) is 0 Å². The molecule has 1 unspecified atom stereocenters. The Bertz CT molecular complexity index is 423. The maximum atomic E-state index is 11.3. The monoisotopic (exact) mass is 236 g/mol. The van der Waals surface area contributed by atoms with Crippen molar-refractivity contribution >= 4 is 5.97 Å². The molecule has 0 spiro atoms. The molecule has 1 atom stereocenters. The van der Waals surface area contributed by atoms with Crippen molar-refractivity contribution < 1.29 is 15.0 Å². The molecule has 3 heteroatoms. The Morgan fingerprint density at radius 1 is 1.41 bits per heavy atom. The van der Waals surface area contributed by atoms with Gasteiger partial charge in [0, 0.05) is 0 Å². The van der Waals surface area contributed by atoms with Crippen molar-refractivity contribution in [2.24, 2.45) is 0 Å². The minimum atomic E-state index is -1.23. The summed E-state index contributed by atoms with van der Waals surface area (Å²) in [5.74, 6) is -0.657. The van der Waals surface area contributed by atoms with Gasteiger partial charge < -0.3 is 10.2 Å².